The topological polar surface area (TPSA) is 44.5 Å². The van der Waals surface area contributed by atoms with Crippen molar-refractivity contribution >= 4 is 0 Å². The molecule has 0 radical (unpaired) electrons. The van der Waals surface area contributed by atoms with Crippen molar-refractivity contribution in [3.8, 4) is 11.5 Å². The van der Waals surface area contributed by atoms with Crippen LogP contribution >= 0.6 is 0 Å². The lowest BCUT2D eigenvalue weighted by atomic mass is 10.1. The van der Waals surface area contributed by atoms with Crippen LogP contribution in [0.2, 0.25) is 0 Å². The Balaban J connectivity index is 1.55. The van der Waals surface area contributed by atoms with E-state index in [0.717, 1.165) is 29.9 Å². The SMILES string of the molecule is CC[C@H](N)c1ccc(OCC2Cc3ccccc3O2)cc1. The van der Waals surface area contributed by atoms with Crippen LogP contribution in [0.5, 0.6) is 11.5 Å². The maximum absolute atomic E-state index is 6.01. The Labute approximate surface area is 125 Å². The first-order chi connectivity index (χ1) is 10.3. The van der Waals surface area contributed by atoms with Gasteiger partial charge in [-0.15, -0.1) is 0 Å². The zero-order valence-electron chi connectivity index (χ0n) is 12.3. The van der Waals surface area contributed by atoms with E-state index in [1.54, 1.807) is 0 Å². The summed E-state index contributed by atoms with van der Waals surface area (Å²) in [6.07, 6.45) is 1.95. The molecule has 1 unspecified atom stereocenters. The maximum atomic E-state index is 6.01. The van der Waals surface area contributed by atoms with Crippen LogP contribution in [-0.2, 0) is 6.42 Å². The molecule has 3 rings (SSSR count). The van der Waals surface area contributed by atoms with Gasteiger partial charge in [0.1, 0.15) is 24.2 Å². The van der Waals surface area contributed by atoms with Gasteiger partial charge in [-0.05, 0) is 35.7 Å². The number of hydrogen-bond acceptors (Lipinski definition) is 3. The minimum Gasteiger partial charge on any atom is -0.490 e. The Hall–Kier alpha value is -2.00. The van der Waals surface area contributed by atoms with Gasteiger partial charge in [0.05, 0.1) is 0 Å². The third kappa shape index (κ3) is 3.19. The zero-order valence-corrected chi connectivity index (χ0v) is 12.3. The highest BCUT2D eigenvalue weighted by Crippen LogP contribution is 2.28. The average Bonchev–Trinajstić information content (AvgIpc) is 2.95. The van der Waals surface area contributed by atoms with Gasteiger partial charge >= 0.3 is 0 Å². The van der Waals surface area contributed by atoms with E-state index in [9.17, 15) is 0 Å². The van der Waals surface area contributed by atoms with Gasteiger partial charge in [-0.1, -0.05) is 37.3 Å². The van der Waals surface area contributed by atoms with Gasteiger partial charge in [0.15, 0.2) is 0 Å². The van der Waals surface area contributed by atoms with Crippen LogP contribution in [-0.4, -0.2) is 12.7 Å². The Morgan fingerprint density at radius 1 is 1.19 bits per heavy atom. The Bertz CT molecular complexity index is 569. The number of ether oxygens (including phenoxy) is 2. The molecule has 2 N–H and O–H groups in total. The van der Waals surface area contributed by atoms with Gasteiger partial charge in [0.25, 0.3) is 0 Å². The van der Waals surface area contributed by atoms with Crippen LogP contribution in [0.4, 0.5) is 0 Å². The number of para-hydroxylation sites is 1. The van der Waals surface area contributed by atoms with E-state index >= 15 is 0 Å². The van der Waals surface area contributed by atoms with E-state index < -0.39 is 0 Å². The molecule has 3 nitrogen and oxygen atoms in total. The molecule has 1 aliphatic heterocycles. The molecule has 1 heterocycles. The summed E-state index contributed by atoms with van der Waals surface area (Å²) in [5.74, 6) is 1.84. The quantitative estimate of drug-likeness (QED) is 0.913. The molecule has 0 saturated heterocycles. The number of fused-ring (bicyclic) bond motifs is 1. The fourth-order valence-electron chi connectivity index (χ4n) is 2.58. The van der Waals surface area contributed by atoms with Gasteiger partial charge in [-0.3, -0.25) is 0 Å². The van der Waals surface area contributed by atoms with Crippen LogP contribution in [0.15, 0.2) is 48.5 Å². The molecule has 2 aromatic rings. The molecule has 0 aromatic heterocycles. The summed E-state index contributed by atoms with van der Waals surface area (Å²) in [4.78, 5) is 0. The Morgan fingerprint density at radius 2 is 1.95 bits per heavy atom. The summed E-state index contributed by atoms with van der Waals surface area (Å²) in [6.45, 7) is 2.65. The summed E-state index contributed by atoms with van der Waals surface area (Å²) in [5, 5.41) is 0. The number of benzene rings is 2. The monoisotopic (exact) mass is 283 g/mol. The Kier molecular flexibility index (Phi) is 4.11. The van der Waals surface area contributed by atoms with Crippen molar-refractivity contribution in [2.45, 2.75) is 31.9 Å². The molecule has 3 heteroatoms. The molecule has 0 amide bonds. The molecule has 0 spiro atoms. The minimum absolute atomic E-state index is 0.0972. The fourth-order valence-corrected chi connectivity index (χ4v) is 2.58. The zero-order chi connectivity index (χ0) is 14.7. The smallest absolute Gasteiger partial charge is 0.137 e. The number of nitrogens with two attached hydrogens (primary N) is 1. The predicted octanol–water partition coefficient (Wildman–Crippen LogP) is 3.48. The lowest BCUT2D eigenvalue weighted by Crippen LogP contribution is -2.22. The van der Waals surface area contributed by atoms with Gasteiger partial charge in [0, 0.05) is 12.5 Å². The summed E-state index contributed by atoms with van der Waals surface area (Å²) >= 11 is 0. The Morgan fingerprint density at radius 3 is 2.67 bits per heavy atom. The van der Waals surface area contributed by atoms with Crippen LogP contribution in [0.25, 0.3) is 0 Å². The molecule has 2 aromatic carbocycles. The fraction of sp³-hybridized carbons (Fsp3) is 0.333. The molecule has 21 heavy (non-hydrogen) atoms. The van der Waals surface area contributed by atoms with E-state index in [0.29, 0.717) is 6.61 Å². The molecule has 2 atom stereocenters. The second kappa shape index (κ2) is 6.19. The van der Waals surface area contributed by atoms with Crippen molar-refractivity contribution in [2.75, 3.05) is 6.61 Å². The van der Waals surface area contributed by atoms with E-state index in [2.05, 4.69) is 13.0 Å². The van der Waals surface area contributed by atoms with Crippen LogP contribution < -0.4 is 15.2 Å². The first kappa shape index (κ1) is 14.0. The summed E-state index contributed by atoms with van der Waals surface area (Å²) in [7, 11) is 0. The maximum Gasteiger partial charge on any atom is 0.137 e. The van der Waals surface area contributed by atoms with Gasteiger partial charge in [0.2, 0.25) is 0 Å². The van der Waals surface area contributed by atoms with Gasteiger partial charge < -0.3 is 15.2 Å². The molecular formula is C18H21NO2. The van der Waals surface area contributed by atoms with Crippen molar-refractivity contribution < 1.29 is 9.47 Å². The third-order valence-corrected chi connectivity index (χ3v) is 3.90. The molecule has 1 aliphatic rings. The predicted molar refractivity (Wildman–Crippen MR) is 83.7 cm³/mol. The van der Waals surface area contributed by atoms with Gasteiger partial charge in [-0.2, -0.15) is 0 Å². The largest absolute Gasteiger partial charge is 0.490 e. The molecular weight excluding hydrogens is 262 g/mol. The van der Waals surface area contributed by atoms with Crippen molar-refractivity contribution in [2.24, 2.45) is 5.73 Å². The first-order valence-corrected chi connectivity index (χ1v) is 7.49. The molecule has 0 fully saturated rings. The highest BCUT2D eigenvalue weighted by molar-refractivity contribution is 5.37. The van der Waals surface area contributed by atoms with E-state index in [-0.39, 0.29) is 12.1 Å². The van der Waals surface area contributed by atoms with Crippen LogP contribution in [0.3, 0.4) is 0 Å². The minimum atomic E-state index is 0.0972. The summed E-state index contributed by atoms with van der Waals surface area (Å²) in [5.41, 5.74) is 8.41. The van der Waals surface area contributed by atoms with E-state index in [1.807, 2.05) is 42.5 Å². The van der Waals surface area contributed by atoms with Crippen molar-refractivity contribution in [3.63, 3.8) is 0 Å². The van der Waals surface area contributed by atoms with Crippen LogP contribution in [0, 0.1) is 0 Å². The van der Waals surface area contributed by atoms with E-state index in [1.165, 1.54) is 5.56 Å². The average molecular weight is 283 g/mol. The highest BCUT2D eigenvalue weighted by atomic mass is 16.5. The highest BCUT2D eigenvalue weighted by Gasteiger charge is 2.22. The molecule has 110 valence electrons. The van der Waals surface area contributed by atoms with Crippen molar-refractivity contribution in [3.05, 3.63) is 59.7 Å². The molecule has 0 aliphatic carbocycles. The van der Waals surface area contributed by atoms with Crippen molar-refractivity contribution in [1.82, 2.24) is 0 Å². The lowest BCUT2D eigenvalue weighted by molar-refractivity contribution is 0.148. The standard InChI is InChI=1S/C18H21NO2/c1-2-17(19)13-7-9-15(10-8-13)20-12-16-11-14-5-3-4-6-18(14)21-16/h3-10,16-17H,2,11-12,19H2,1H3/t16?,17-/m0/s1. The van der Waals surface area contributed by atoms with E-state index in [4.69, 9.17) is 15.2 Å². The van der Waals surface area contributed by atoms with Crippen molar-refractivity contribution in [1.29, 1.82) is 0 Å². The lowest BCUT2D eigenvalue weighted by Gasteiger charge is -2.14. The van der Waals surface area contributed by atoms with Crippen LogP contribution in [0.1, 0.15) is 30.5 Å². The molecule has 0 bridgehead atoms. The number of hydrogen-bond donors (Lipinski definition) is 1. The normalized spacial score (nSPS) is 17.9. The summed E-state index contributed by atoms with van der Waals surface area (Å²) in [6, 6.07) is 16.3. The number of rotatable bonds is 5. The van der Waals surface area contributed by atoms with Gasteiger partial charge in [-0.25, -0.2) is 0 Å². The third-order valence-electron chi connectivity index (χ3n) is 3.90. The summed E-state index contributed by atoms with van der Waals surface area (Å²) < 4.78 is 11.7. The second-order valence-corrected chi connectivity index (χ2v) is 5.45. The second-order valence-electron chi connectivity index (χ2n) is 5.45. The first-order valence-electron chi connectivity index (χ1n) is 7.49. The molecule has 0 saturated carbocycles.